The van der Waals surface area contributed by atoms with Gasteiger partial charge < -0.3 is 10.6 Å². The molecule has 0 amide bonds. The maximum absolute atomic E-state index is 5.69. The van der Waals surface area contributed by atoms with E-state index in [1.54, 1.807) is 0 Å². The number of nitrogen functional groups attached to an aromatic ring is 1. The molecule has 0 aliphatic rings. The molecule has 0 fully saturated rings. The molecule has 0 saturated carbocycles. The summed E-state index contributed by atoms with van der Waals surface area (Å²) in [7, 11) is 5.74. The number of aromatic nitrogens is 4. The van der Waals surface area contributed by atoms with Crippen molar-refractivity contribution < 1.29 is 0 Å². The van der Waals surface area contributed by atoms with Gasteiger partial charge in [-0.15, -0.1) is 0 Å². The summed E-state index contributed by atoms with van der Waals surface area (Å²) in [5.41, 5.74) is 7.10. The van der Waals surface area contributed by atoms with Crippen LogP contribution in [0.5, 0.6) is 0 Å². The molecular formula is C8H12N6. The van der Waals surface area contributed by atoms with Crippen LogP contribution in [-0.2, 0) is 7.05 Å². The lowest BCUT2D eigenvalue weighted by Crippen LogP contribution is -2.13. The molecule has 0 spiro atoms. The molecule has 0 radical (unpaired) electrons. The van der Waals surface area contributed by atoms with Crippen LogP contribution in [0, 0.1) is 0 Å². The Morgan fingerprint density at radius 2 is 2.07 bits per heavy atom. The zero-order chi connectivity index (χ0) is 10.3. The third kappa shape index (κ3) is 1.07. The first-order valence-electron chi connectivity index (χ1n) is 4.21. The second kappa shape index (κ2) is 2.83. The molecule has 0 aliphatic carbocycles. The Bertz CT molecular complexity index is 472. The van der Waals surface area contributed by atoms with E-state index >= 15 is 0 Å². The first kappa shape index (κ1) is 8.74. The van der Waals surface area contributed by atoms with Crippen molar-refractivity contribution >= 4 is 22.9 Å². The van der Waals surface area contributed by atoms with Gasteiger partial charge in [-0.05, 0) is 0 Å². The number of nitrogens with two attached hydrogens (primary N) is 1. The highest BCUT2D eigenvalue weighted by Crippen LogP contribution is 2.20. The normalized spacial score (nSPS) is 10.8. The summed E-state index contributed by atoms with van der Waals surface area (Å²) in [6.07, 6.45) is 1.44. The fraction of sp³-hybridized carbons (Fsp3) is 0.375. The molecule has 6 heteroatoms. The third-order valence-electron chi connectivity index (χ3n) is 2.06. The monoisotopic (exact) mass is 192 g/mol. The highest BCUT2D eigenvalue weighted by Gasteiger charge is 2.12. The van der Waals surface area contributed by atoms with Gasteiger partial charge in [-0.2, -0.15) is 0 Å². The van der Waals surface area contributed by atoms with Crippen LogP contribution in [-0.4, -0.2) is 33.6 Å². The molecule has 0 aliphatic heterocycles. The quantitative estimate of drug-likeness (QED) is 0.689. The summed E-state index contributed by atoms with van der Waals surface area (Å²) < 4.78 is 1.88. The van der Waals surface area contributed by atoms with Gasteiger partial charge in [0.2, 0.25) is 5.95 Å². The van der Waals surface area contributed by atoms with E-state index in [-0.39, 0.29) is 0 Å². The third-order valence-corrected chi connectivity index (χ3v) is 2.06. The van der Waals surface area contributed by atoms with Gasteiger partial charge in [0.15, 0.2) is 17.0 Å². The van der Waals surface area contributed by atoms with Gasteiger partial charge in [0, 0.05) is 21.1 Å². The molecule has 0 atom stereocenters. The summed E-state index contributed by atoms with van der Waals surface area (Å²) in [6, 6.07) is 0. The predicted octanol–water partition coefficient (Wildman–Crippen LogP) is 0.0115. The van der Waals surface area contributed by atoms with Gasteiger partial charge in [0.25, 0.3) is 0 Å². The lowest BCUT2D eigenvalue weighted by molar-refractivity contribution is 0.879. The fourth-order valence-corrected chi connectivity index (χ4v) is 1.41. The van der Waals surface area contributed by atoms with Gasteiger partial charge in [-0.1, -0.05) is 0 Å². The molecule has 74 valence electrons. The van der Waals surface area contributed by atoms with Gasteiger partial charge in [-0.3, -0.25) is 4.57 Å². The van der Waals surface area contributed by atoms with Gasteiger partial charge in [-0.25, -0.2) is 15.0 Å². The average molecular weight is 192 g/mol. The van der Waals surface area contributed by atoms with Crippen molar-refractivity contribution in [3.05, 3.63) is 6.33 Å². The molecular weight excluding hydrogens is 180 g/mol. The van der Waals surface area contributed by atoms with Crippen LogP contribution in [0.4, 0.5) is 11.8 Å². The summed E-state index contributed by atoms with van der Waals surface area (Å²) in [4.78, 5) is 14.3. The van der Waals surface area contributed by atoms with Gasteiger partial charge in [0.1, 0.15) is 6.33 Å². The molecule has 2 rings (SSSR count). The maximum Gasteiger partial charge on any atom is 0.207 e. The number of hydrogen-bond acceptors (Lipinski definition) is 5. The van der Waals surface area contributed by atoms with Crippen LogP contribution in [0.15, 0.2) is 6.33 Å². The summed E-state index contributed by atoms with van der Waals surface area (Å²) in [6.45, 7) is 0. The molecule has 2 N–H and O–H groups in total. The van der Waals surface area contributed by atoms with Crippen molar-refractivity contribution in [1.82, 2.24) is 19.5 Å². The van der Waals surface area contributed by atoms with Crippen molar-refractivity contribution in [2.45, 2.75) is 0 Å². The van der Waals surface area contributed by atoms with Crippen LogP contribution in [0.3, 0.4) is 0 Å². The van der Waals surface area contributed by atoms with E-state index in [0.29, 0.717) is 11.3 Å². The summed E-state index contributed by atoms with van der Waals surface area (Å²) in [5, 5.41) is 0. The Balaban J connectivity index is 2.80. The van der Waals surface area contributed by atoms with E-state index in [1.807, 2.05) is 30.6 Å². The van der Waals surface area contributed by atoms with Crippen molar-refractivity contribution in [3.63, 3.8) is 0 Å². The van der Waals surface area contributed by atoms with Crippen molar-refractivity contribution in [3.8, 4) is 0 Å². The second-order valence-electron chi connectivity index (χ2n) is 3.30. The van der Waals surface area contributed by atoms with Crippen LogP contribution in [0.25, 0.3) is 11.2 Å². The number of nitrogens with zero attached hydrogens (tertiary/aromatic N) is 5. The van der Waals surface area contributed by atoms with Crippen molar-refractivity contribution in [2.24, 2.45) is 7.05 Å². The summed E-state index contributed by atoms with van der Waals surface area (Å²) in [5.74, 6) is 1.23. The molecule has 6 nitrogen and oxygen atoms in total. The largest absolute Gasteiger partial charge is 0.382 e. The molecule has 2 aromatic rings. The minimum atomic E-state index is 0.415. The number of anilines is 2. The Morgan fingerprint density at radius 1 is 1.36 bits per heavy atom. The van der Waals surface area contributed by atoms with Crippen LogP contribution in [0.1, 0.15) is 0 Å². The molecule has 0 aromatic carbocycles. The Kier molecular flexibility index (Phi) is 1.77. The molecule has 0 unspecified atom stereocenters. The number of imidazole rings is 1. The number of hydrogen-bond donors (Lipinski definition) is 1. The average Bonchev–Trinajstić information content (AvgIpc) is 2.46. The molecule has 14 heavy (non-hydrogen) atoms. The van der Waals surface area contributed by atoms with E-state index < -0.39 is 0 Å². The standard InChI is InChI=1S/C8H12N6/c1-13(2)8-12-5-6(9)10-4-11-7(5)14(8)3/h4H,1-3H3,(H2,9,10,11). The van der Waals surface area contributed by atoms with E-state index in [2.05, 4.69) is 15.0 Å². The molecule has 0 saturated heterocycles. The zero-order valence-corrected chi connectivity index (χ0v) is 8.39. The van der Waals surface area contributed by atoms with Gasteiger partial charge in [0.05, 0.1) is 0 Å². The topological polar surface area (TPSA) is 72.9 Å². The Morgan fingerprint density at radius 3 is 2.64 bits per heavy atom. The zero-order valence-electron chi connectivity index (χ0n) is 8.39. The van der Waals surface area contributed by atoms with Crippen LogP contribution in [0.2, 0.25) is 0 Å². The second-order valence-corrected chi connectivity index (χ2v) is 3.30. The van der Waals surface area contributed by atoms with E-state index in [4.69, 9.17) is 5.73 Å². The Labute approximate surface area is 81.4 Å². The molecule has 2 heterocycles. The van der Waals surface area contributed by atoms with Crippen LogP contribution < -0.4 is 10.6 Å². The first-order chi connectivity index (χ1) is 6.61. The maximum atomic E-state index is 5.69. The van der Waals surface area contributed by atoms with Crippen molar-refractivity contribution in [2.75, 3.05) is 24.7 Å². The predicted molar refractivity (Wildman–Crippen MR) is 55.0 cm³/mol. The van der Waals surface area contributed by atoms with E-state index in [0.717, 1.165) is 11.6 Å². The van der Waals surface area contributed by atoms with E-state index in [9.17, 15) is 0 Å². The minimum Gasteiger partial charge on any atom is -0.382 e. The van der Waals surface area contributed by atoms with Crippen molar-refractivity contribution in [1.29, 1.82) is 0 Å². The molecule has 0 bridgehead atoms. The fourth-order valence-electron chi connectivity index (χ4n) is 1.41. The lowest BCUT2D eigenvalue weighted by atomic mass is 10.5. The first-order valence-corrected chi connectivity index (χ1v) is 4.21. The number of rotatable bonds is 1. The van der Waals surface area contributed by atoms with E-state index in [1.165, 1.54) is 6.33 Å². The SMILES string of the molecule is CN(C)c1nc2c(N)ncnc2n1C. The Hall–Kier alpha value is -1.85. The number of fused-ring (bicyclic) bond motifs is 1. The molecule has 2 aromatic heterocycles. The lowest BCUT2D eigenvalue weighted by Gasteiger charge is -2.09. The highest BCUT2D eigenvalue weighted by atomic mass is 15.3. The summed E-state index contributed by atoms with van der Waals surface area (Å²) >= 11 is 0. The van der Waals surface area contributed by atoms with Gasteiger partial charge >= 0.3 is 0 Å². The van der Waals surface area contributed by atoms with Crippen LogP contribution >= 0.6 is 0 Å². The smallest absolute Gasteiger partial charge is 0.207 e. The minimum absolute atomic E-state index is 0.415. The number of aryl methyl sites for hydroxylation is 1. The highest BCUT2D eigenvalue weighted by molar-refractivity contribution is 5.83.